The van der Waals surface area contributed by atoms with Crippen LogP contribution in [0.4, 0.5) is 0 Å². The van der Waals surface area contributed by atoms with Crippen LogP contribution in [-0.4, -0.2) is 35.8 Å². The minimum Gasteiger partial charge on any atom is -0.349 e. The van der Waals surface area contributed by atoms with Gasteiger partial charge >= 0.3 is 0 Å². The van der Waals surface area contributed by atoms with Gasteiger partial charge in [-0.15, -0.1) is 0 Å². The summed E-state index contributed by atoms with van der Waals surface area (Å²) in [6, 6.07) is 0. The van der Waals surface area contributed by atoms with Gasteiger partial charge in [-0.3, -0.25) is 4.79 Å². The van der Waals surface area contributed by atoms with Crippen molar-refractivity contribution >= 4 is 15.7 Å². The van der Waals surface area contributed by atoms with Gasteiger partial charge in [-0.25, -0.2) is 18.4 Å². The molecular formula is C15H21N3O3S. The summed E-state index contributed by atoms with van der Waals surface area (Å²) in [5.41, 5.74) is 3.35. The first-order valence-corrected chi connectivity index (χ1v) is 9.60. The summed E-state index contributed by atoms with van der Waals surface area (Å²) in [6.45, 7) is 2.25. The third-order valence-electron chi connectivity index (χ3n) is 4.46. The second-order valence-electron chi connectivity index (χ2n) is 6.18. The number of amides is 1. The highest BCUT2D eigenvalue weighted by Crippen LogP contribution is 2.22. The standard InChI is InChI=1S/C15H21N3O3S/c1-10-12-4-2-3-5-13(12)18-14(17-10)8-16-15(19)11-6-7-22(20,21)9-11/h11H,2-9H2,1H3,(H,16,19). The van der Waals surface area contributed by atoms with Crippen LogP contribution in [0.15, 0.2) is 0 Å². The maximum atomic E-state index is 12.0. The summed E-state index contributed by atoms with van der Waals surface area (Å²) < 4.78 is 22.8. The topological polar surface area (TPSA) is 89.0 Å². The Labute approximate surface area is 130 Å². The molecular weight excluding hydrogens is 302 g/mol. The lowest BCUT2D eigenvalue weighted by Gasteiger charge is -2.18. The molecule has 0 bridgehead atoms. The zero-order valence-corrected chi connectivity index (χ0v) is 13.6. The number of nitrogens with zero attached hydrogens (tertiary/aromatic N) is 2. The first-order valence-electron chi connectivity index (χ1n) is 7.78. The number of aryl methyl sites for hydroxylation is 2. The Hall–Kier alpha value is -1.50. The van der Waals surface area contributed by atoms with E-state index >= 15 is 0 Å². The zero-order valence-electron chi connectivity index (χ0n) is 12.8. The molecule has 1 atom stereocenters. The fourth-order valence-electron chi connectivity index (χ4n) is 3.24. The molecule has 22 heavy (non-hydrogen) atoms. The van der Waals surface area contributed by atoms with Gasteiger partial charge in [0.25, 0.3) is 0 Å². The highest BCUT2D eigenvalue weighted by molar-refractivity contribution is 7.91. The number of nitrogens with one attached hydrogen (secondary N) is 1. The monoisotopic (exact) mass is 323 g/mol. The molecule has 1 aromatic rings. The van der Waals surface area contributed by atoms with E-state index in [2.05, 4.69) is 15.3 Å². The number of carbonyl (C=O) groups is 1. The van der Waals surface area contributed by atoms with Gasteiger partial charge in [0.2, 0.25) is 5.91 Å². The Kier molecular flexibility index (Phi) is 4.16. The van der Waals surface area contributed by atoms with E-state index in [1.54, 1.807) is 0 Å². The predicted molar refractivity (Wildman–Crippen MR) is 82.0 cm³/mol. The van der Waals surface area contributed by atoms with Crippen molar-refractivity contribution in [2.45, 2.75) is 45.6 Å². The lowest BCUT2D eigenvalue weighted by atomic mass is 9.95. The molecule has 120 valence electrons. The normalized spacial score (nSPS) is 23.0. The summed E-state index contributed by atoms with van der Waals surface area (Å²) >= 11 is 0. The van der Waals surface area contributed by atoms with Gasteiger partial charge in [0.15, 0.2) is 9.84 Å². The summed E-state index contributed by atoms with van der Waals surface area (Å²) in [5, 5.41) is 2.78. The van der Waals surface area contributed by atoms with Crippen LogP contribution in [0, 0.1) is 12.8 Å². The number of hydrogen-bond donors (Lipinski definition) is 1. The quantitative estimate of drug-likeness (QED) is 0.885. The average molecular weight is 323 g/mol. The first-order chi connectivity index (χ1) is 10.4. The van der Waals surface area contributed by atoms with E-state index in [4.69, 9.17) is 0 Å². The maximum Gasteiger partial charge on any atom is 0.224 e. The number of hydrogen-bond acceptors (Lipinski definition) is 5. The number of fused-ring (bicyclic) bond motifs is 1. The van der Waals surface area contributed by atoms with Crippen molar-refractivity contribution in [2.75, 3.05) is 11.5 Å². The smallest absolute Gasteiger partial charge is 0.224 e. The van der Waals surface area contributed by atoms with Crippen LogP contribution in [0.25, 0.3) is 0 Å². The number of carbonyl (C=O) groups excluding carboxylic acids is 1. The maximum absolute atomic E-state index is 12.0. The van der Waals surface area contributed by atoms with Gasteiger partial charge in [-0.2, -0.15) is 0 Å². The van der Waals surface area contributed by atoms with Crippen molar-refractivity contribution in [1.82, 2.24) is 15.3 Å². The molecule has 7 heteroatoms. The van der Waals surface area contributed by atoms with Crippen molar-refractivity contribution < 1.29 is 13.2 Å². The Bertz CT molecular complexity index is 700. The third-order valence-corrected chi connectivity index (χ3v) is 6.23. The second-order valence-corrected chi connectivity index (χ2v) is 8.40. The van der Waals surface area contributed by atoms with E-state index in [-0.39, 0.29) is 24.0 Å². The molecule has 0 radical (unpaired) electrons. The molecule has 1 aliphatic carbocycles. The summed E-state index contributed by atoms with van der Waals surface area (Å²) in [4.78, 5) is 21.1. The summed E-state index contributed by atoms with van der Waals surface area (Å²) in [5.74, 6) is 0.0544. The van der Waals surface area contributed by atoms with E-state index in [9.17, 15) is 13.2 Å². The minimum atomic E-state index is -3.03. The number of aromatic nitrogens is 2. The SMILES string of the molecule is Cc1nc(CNC(=O)C2CCS(=O)(=O)C2)nc2c1CCCC2. The van der Waals surface area contributed by atoms with E-state index < -0.39 is 15.8 Å². The lowest BCUT2D eigenvalue weighted by molar-refractivity contribution is -0.124. The highest BCUT2D eigenvalue weighted by Gasteiger charge is 2.32. The third kappa shape index (κ3) is 3.29. The van der Waals surface area contributed by atoms with Crippen molar-refractivity contribution in [3.8, 4) is 0 Å². The van der Waals surface area contributed by atoms with Crippen LogP contribution >= 0.6 is 0 Å². The Morgan fingerprint density at radius 2 is 2.05 bits per heavy atom. The molecule has 2 aliphatic rings. The Morgan fingerprint density at radius 3 is 2.77 bits per heavy atom. The van der Waals surface area contributed by atoms with Crippen LogP contribution in [0.2, 0.25) is 0 Å². The fraction of sp³-hybridized carbons (Fsp3) is 0.667. The minimum absolute atomic E-state index is 0.0388. The van der Waals surface area contributed by atoms with Crippen molar-refractivity contribution in [1.29, 1.82) is 0 Å². The molecule has 1 unspecified atom stereocenters. The molecule has 1 saturated heterocycles. The van der Waals surface area contributed by atoms with E-state index in [0.717, 1.165) is 30.7 Å². The van der Waals surface area contributed by atoms with Gasteiger partial charge in [0.1, 0.15) is 5.82 Å². The van der Waals surface area contributed by atoms with Crippen LogP contribution in [0.5, 0.6) is 0 Å². The summed E-state index contributed by atoms with van der Waals surface area (Å²) in [6.07, 6.45) is 4.76. The van der Waals surface area contributed by atoms with Crippen molar-refractivity contribution in [3.63, 3.8) is 0 Å². The number of rotatable bonds is 3. The summed E-state index contributed by atoms with van der Waals surface area (Å²) in [7, 11) is -3.03. The average Bonchev–Trinajstić information content (AvgIpc) is 2.85. The van der Waals surface area contributed by atoms with Gasteiger partial charge in [-0.1, -0.05) is 0 Å². The predicted octanol–water partition coefficient (Wildman–Crippen LogP) is 0.715. The Balaban J connectivity index is 1.64. The Morgan fingerprint density at radius 1 is 1.27 bits per heavy atom. The molecule has 1 N–H and O–H groups in total. The van der Waals surface area contributed by atoms with Gasteiger partial charge < -0.3 is 5.32 Å². The molecule has 1 fully saturated rings. The second kappa shape index (κ2) is 5.95. The first kappa shape index (κ1) is 15.4. The highest BCUT2D eigenvalue weighted by atomic mass is 32.2. The van der Waals surface area contributed by atoms with Crippen molar-refractivity contribution in [3.05, 3.63) is 22.8 Å². The fourth-order valence-corrected chi connectivity index (χ4v) is 4.98. The van der Waals surface area contributed by atoms with Crippen LogP contribution in [-0.2, 0) is 34.0 Å². The zero-order chi connectivity index (χ0) is 15.7. The molecule has 0 saturated carbocycles. The van der Waals surface area contributed by atoms with Gasteiger partial charge in [0.05, 0.1) is 24.0 Å². The van der Waals surface area contributed by atoms with Crippen molar-refractivity contribution in [2.24, 2.45) is 5.92 Å². The van der Waals surface area contributed by atoms with E-state index in [0.29, 0.717) is 12.2 Å². The molecule has 6 nitrogen and oxygen atoms in total. The van der Waals surface area contributed by atoms with E-state index in [1.807, 2.05) is 6.92 Å². The molecule has 2 heterocycles. The lowest BCUT2D eigenvalue weighted by Crippen LogP contribution is -2.31. The van der Waals surface area contributed by atoms with Crippen LogP contribution in [0.1, 0.15) is 42.0 Å². The van der Waals surface area contributed by atoms with Gasteiger partial charge in [-0.05, 0) is 44.6 Å². The molecule has 1 amide bonds. The van der Waals surface area contributed by atoms with Crippen LogP contribution in [0.3, 0.4) is 0 Å². The van der Waals surface area contributed by atoms with E-state index in [1.165, 1.54) is 12.0 Å². The molecule has 3 rings (SSSR count). The largest absolute Gasteiger partial charge is 0.349 e. The van der Waals surface area contributed by atoms with Crippen LogP contribution < -0.4 is 5.32 Å². The molecule has 1 aromatic heterocycles. The molecule has 1 aliphatic heterocycles. The molecule has 0 spiro atoms. The molecule has 0 aromatic carbocycles. The number of sulfone groups is 1. The van der Waals surface area contributed by atoms with Gasteiger partial charge in [0, 0.05) is 11.4 Å².